The van der Waals surface area contributed by atoms with Crippen LogP contribution >= 0.6 is 27.7 Å². The van der Waals surface area contributed by atoms with Gasteiger partial charge in [-0.25, -0.2) is 0 Å². The van der Waals surface area contributed by atoms with Crippen LogP contribution in [0.3, 0.4) is 0 Å². The van der Waals surface area contributed by atoms with Crippen molar-refractivity contribution < 1.29 is 4.79 Å². The summed E-state index contributed by atoms with van der Waals surface area (Å²) in [5, 5.41) is 9.09. The first-order chi connectivity index (χ1) is 11.5. The maximum absolute atomic E-state index is 12.3. The van der Waals surface area contributed by atoms with Gasteiger partial charge in [-0.1, -0.05) is 57.5 Å². The summed E-state index contributed by atoms with van der Waals surface area (Å²) in [6.45, 7) is 3.96. The lowest BCUT2D eigenvalue weighted by atomic mass is 10.2. The van der Waals surface area contributed by atoms with Gasteiger partial charge in [0.15, 0.2) is 10.9 Å². The van der Waals surface area contributed by atoms with Crippen molar-refractivity contribution in [3.63, 3.8) is 0 Å². The van der Waals surface area contributed by atoms with Gasteiger partial charge < -0.3 is 0 Å². The molecule has 6 heteroatoms. The highest BCUT2D eigenvalue weighted by molar-refractivity contribution is 9.10. The first-order valence-corrected chi connectivity index (χ1v) is 9.23. The second-order valence-electron chi connectivity index (χ2n) is 5.42. The van der Waals surface area contributed by atoms with Gasteiger partial charge >= 0.3 is 0 Å². The Morgan fingerprint density at radius 2 is 1.71 bits per heavy atom. The number of halogens is 1. The van der Waals surface area contributed by atoms with Crippen LogP contribution in [0, 0.1) is 13.8 Å². The fourth-order valence-corrected chi connectivity index (χ4v) is 3.43. The zero-order chi connectivity index (χ0) is 17.1. The van der Waals surface area contributed by atoms with Gasteiger partial charge in [-0.2, -0.15) is 0 Å². The molecule has 122 valence electrons. The number of hydrogen-bond donors (Lipinski definition) is 0. The van der Waals surface area contributed by atoms with E-state index in [1.54, 1.807) is 0 Å². The van der Waals surface area contributed by atoms with Crippen LogP contribution in [-0.2, 0) is 0 Å². The minimum absolute atomic E-state index is 0.0728. The van der Waals surface area contributed by atoms with E-state index in [1.807, 2.05) is 47.9 Å². The predicted octanol–water partition coefficient (Wildman–Crippen LogP) is 4.62. The lowest BCUT2D eigenvalue weighted by Gasteiger charge is -2.08. The number of Topliss-reactive ketones (excluding diaryl/α,β-unsaturated/α-hetero) is 1. The number of nitrogens with zero attached hydrogens (tertiary/aromatic N) is 3. The minimum Gasteiger partial charge on any atom is -0.293 e. The smallest absolute Gasteiger partial charge is 0.196 e. The van der Waals surface area contributed by atoms with E-state index >= 15 is 0 Å². The predicted molar refractivity (Wildman–Crippen MR) is 100 cm³/mol. The summed E-state index contributed by atoms with van der Waals surface area (Å²) < 4.78 is 2.93. The van der Waals surface area contributed by atoms with Crippen LogP contribution in [0.5, 0.6) is 0 Å². The molecule has 24 heavy (non-hydrogen) atoms. The summed E-state index contributed by atoms with van der Waals surface area (Å²) in [7, 11) is 0. The molecule has 0 atom stereocenters. The third-order valence-electron chi connectivity index (χ3n) is 3.59. The Bertz CT molecular complexity index is 857. The van der Waals surface area contributed by atoms with Crippen LogP contribution < -0.4 is 0 Å². The number of thioether (sulfide) groups is 1. The third kappa shape index (κ3) is 3.76. The molecule has 3 rings (SSSR count). The standard InChI is InChI=1S/C18H16BrN3OS/c1-12-3-9-16(10-4-12)22-13(2)20-21-18(22)24-11-17(23)14-5-7-15(19)8-6-14/h3-10H,11H2,1-2H3. The van der Waals surface area contributed by atoms with Gasteiger partial charge in [0.1, 0.15) is 5.82 Å². The molecule has 1 heterocycles. The Morgan fingerprint density at radius 1 is 1.04 bits per heavy atom. The van der Waals surface area contributed by atoms with Gasteiger partial charge in [0, 0.05) is 15.7 Å². The molecular weight excluding hydrogens is 386 g/mol. The Balaban J connectivity index is 1.77. The van der Waals surface area contributed by atoms with Crippen LogP contribution in [0.15, 0.2) is 58.2 Å². The average Bonchev–Trinajstić information content (AvgIpc) is 2.95. The number of carbonyl (C=O) groups excluding carboxylic acids is 1. The van der Waals surface area contributed by atoms with E-state index in [4.69, 9.17) is 0 Å². The van der Waals surface area contributed by atoms with Crippen molar-refractivity contribution in [3.8, 4) is 5.69 Å². The molecule has 1 aromatic heterocycles. The second-order valence-corrected chi connectivity index (χ2v) is 7.28. The minimum atomic E-state index is 0.0728. The highest BCUT2D eigenvalue weighted by atomic mass is 79.9. The summed E-state index contributed by atoms with van der Waals surface area (Å²) >= 11 is 4.78. The van der Waals surface area contributed by atoms with Gasteiger partial charge in [0.2, 0.25) is 0 Å². The molecule has 0 spiro atoms. The zero-order valence-electron chi connectivity index (χ0n) is 13.4. The summed E-state index contributed by atoms with van der Waals surface area (Å²) in [6.07, 6.45) is 0. The molecular formula is C18H16BrN3OS. The lowest BCUT2D eigenvalue weighted by Crippen LogP contribution is -2.05. The Labute approximate surface area is 153 Å². The van der Waals surface area contributed by atoms with Crippen LogP contribution in [0.2, 0.25) is 0 Å². The lowest BCUT2D eigenvalue weighted by molar-refractivity contribution is 0.102. The Hall–Kier alpha value is -1.92. The van der Waals surface area contributed by atoms with Gasteiger partial charge in [-0.15, -0.1) is 10.2 Å². The van der Waals surface area contributed by atoms with Crippen LogP contribution in [0.25, 0.3) is 5.69 Å². The molecule has 0 saturated carbocycles. The fraction of sp³-hybridized carbons (Fsp3) is 0.167. The van der Waals surface area contributed by atoms with Crippen molar-refractivity contribution >= 4 is 33.5 Å². The number of hydrogen-bond acceptors (Lipinski definition) is 4. The Kier molecular flexibility index (Phi) is 5.16. The van der Waals surface area contributed by atoms with E-state index in [0.717, 1.165) is 21.1 Å². The molecule has 0 saturated heterocycles. The summed E-state index contributed by atoms with van der Waals surface area (Å²) in [5.74, 6) is 1.20. The highest BCUT2D eigenvalue weighted by Gasteiger charge is 2.14. The monoisotopic (exact) mass is 401 g/mol. The van der Waals surface area contributed by atoms with Gasteiger partial charge in [-0.3, -0.25) is 9.36 Å². The van der Waals surface area contributed by atoms with Crippen molar-refractivity contribution in [2.24, 2.45) is 0 Å². The molecule has 0 unspecified atom stereocenters. The van der Waals surface area contributed by atoms with E-state index in [0.29, 0.717) is 11.3 Å². The zero-order valence-corrected chi connectivity index (χ0v) is 15.8. The Morgan fingerprint density at radius 3 is 2.38 bits per heavy atom. The first-order valence-electron chi connectivity index (χ1n) is 7.45. The van der Waals surface area contributed by atoms with E-state index in [2.05, 4.69) is 45.2 Å². The first kappa shape index (κ1) is 16.9. The highest BCUT2D eigenvalue weighted by Crippen LogP contribution is 2.23. The van der Waals surface area contributed by atoms with Crippen molar-refractivity contribution in [2.75, 3.05) is 5.75 Å². The molecule has 0 amide bonds. The number of aryl methyl sites for hydroxylation is 2. The van der Waals surface area contributed by atoms with E-state index in [9.17, 15) is 4.79 Å². The number of aromatic nitrogens is 3. The van der Waals surface area contributed by atoms with Crippen LogP contribution in [0.4, 0.5) is 0 Å². The van der Waals surface area contributed by atoms with Crippen molar-refractivity contribution in [2.45, 2.75) is 19.0 Å². The summed E-state index contributed by atoms with van der Waals surface area (Å²) in [6, 6.07) is 15.6. The molecule has 0 fully saturated rings. The van der Waals surface area contributed by atoms with Crippen molar-refractivity contribution in [3.05, 3.63) is 70.0 Å². The maximum Gasteiger partial charge on any atom is 0.196 e. The fourth-order valence-electron chi connectivity index (χ4n) is 2.28. The maximum atomic E-state index is 12.3. The SMILES string of the molecule is Cc1ccc(-n2c(C)nnc2SCC(=O)c2ccc(Br)cc2)cc1. The molecule has 0 aliphatic rings. The van der Waals surface area contributed by atoms with Crippen LogP contribution in [-0.4, -0.2) is 26.3 Å². The van der Waals surface area contributed by atoms with E-state index in [1.165, 1.54) is 17.3 Å². The topological polar surface area (TPSA) is 47.8 Å². The second kappa shape index (κ2) is 7.32. The number of rotatable bonds is 5. The van der Waals surface area contributed by atoms with Crippen molar-refractivity contribution in [1.82, 2.24) is 14.8 Å². The van der Waals surface area contributed by atoms with E-state index in [-0.39, 0.29) is 5.78 Å². The average molecular weight is 402 g/mol. The normalized spacial score (nSPS) is 10.8. The molecule has 0 radical (unpaired) electrons. The number of ketones is 1. The molecule has 0 aliphatic carbocycles. The van der Waals surface area contributed by atoms with Gasteiger partial charge in [0.25, 0.3) is 0 Å². The van der Waals surface area contributed by atoms with Gasteiger partial charge in [0.05, 0.1) is 5.75 Å². The largest absolute Gasteiger partial charge is 0.293 e. The molecule has 2 aromatic carbocycles. The molecule has 0 bridgehead atoms. The molecule has 4 nitrogen and oxygen atoms in total. The third-order valence-corrected chi connectivity index (χ3v) is 5.04. The summed E-state index contributed by atoms with van der Waals surface area (Å²) in [4.78, 5) is 12.3. The summed E-state index contributed by atoms with van der Waals surface area (Å²) in [5.41, 5.74) is 2.90. The van der Waals surface area contributed by atoms with Crippen molar-refractivity contribution in [1.29, 1.82) is 0 Å². The molecule has 0 aliphatic heterocycles. The van der Waals surface area contributed by atoms with Gasteiger partial charge in [-0.05, 0) is 38.1 Å². The quantitative estimate of drug-likeness (QED) is 0.462. The number of carbonyl (C=O) groups is 1. The van der Waals surface area contributed by atoms with Crippen LogP contribution in [0.1, 0.15) is 21.7 Å². The number of benzene rings is 2. The molecule has 3 aromatic rings. The molecule has 0 N–H and O–H groups in total. The van der Waals surface area contributed by atoms with E-state index < -0.39 is 0 Å².